The monoisotopic (exact) mass is 788 g/mol. The van der Waals surface area contributed by atoms with Crippen molar-refractivity contribution in [2.45, 2.75) is 118 Å². The maximum Gasteiger partial charge on any atom is 0.244 e. The Morgan fingerprint density at radius 3 is 1.55 bits per heavy atom. The van der Waals surface area contributed by atoms with Crippen molar-refractivity contribution in [3.8, 4) is 22.3 Å². The van der Waals surface area contributed by atoms with Crippen molar-refractivity contribution >= 4 is 43.2 Å². The number of hydrogen-bond acceptors (Lipinski definition) is 10. The van der Waals surface area contributed by atoms with Crippen LogP contribution in [0.5, 0.6) is 0 Å². The maximum atomic E-state index is 12.8. The fraction of sp³-hybridized carbons (Fsp3) is 0.421. The van der Waals surface area contributed by atoms with E-state index in [0.717, 1.165) is 11.1 Å². The van der Waals surface area contributed by atoms with Gasteiger partial charge in [-0.25, -0.2) is 31.3 Å². The SMILES string of the molecule is C.C.CC(=O)Cc1cc(-c2cnc(Cl)c(S(=O)(=O)NC(C)(C)C)c2C)ccn1.CC(=O)Cc1cc(-c2cncc(S(=O)(=O)NC(C)(C)C)c2C)ccn1. The topological polar surface area (TPSA) is 178 Å². The summed E-state index contributed by atoms with van der Waals surface area (Å²) in [5.41, 5.74) is 3.93. The van der Waals surface area contributed by atoms with Crippen molar-refractivity contribution in [2.75, 3.05) is 0 Å². The minimum Gasteiger partial charge on any atom is -0.300 e. The van der Waals surface area contributed by atoms with E-state index in [4.69, 9.17) is 11.6 Å². The van der Waals surface area contributed by atoms with Gasteiger partial charge in [0.15, 0.2) is 0 Å². The summed E-state index contributed by atoms with van der Waals surface area (Å²) in [5, 5.41) is -0.0824. The lowest BCUT2D eigenvalue weighted by molar-refractivity contribution is -0.117. The van der Waals surface area contributed by atoms with Crippen LogP contribution in [0.4, 0.5) is 0 Å². The molecule has 4 heterocycles. The van der Waals surface area contributed by atoms with Gasteiger partial charge in [-0.2, -0.15) is 0 Å². The first-order chi connectivity index (χ1) is 23.4. The predicted molar refractivity (Wildman–Crippen MR) is 212 cm³/mol. The van der Waals surface area contributed by atoms with Crippen LogP contribution >= 0.6 is 11.6 Å². The van der Waals surface area contributed by atoms with Crippen molar-refractivity contribution < 1.29 is 26.4 Å². The highest BCUT2D eigenvalue weighted by Gasteiger charge is 2.28. The van der Waals surface area contributed by atoms with Crippen LogP contribution in [0.3, 0.4) is 0 Å². The molecule has 0 bridgehead atoms. The summed E-state index contributed by atoms with van der Waals surface area (Å²) >= 11 is 6.12. The molecule has 0 spiro atoms. The Morgan fingerprint density at radius 2 is 1.11 bits per heavy atom. The van der Waals surface area contributed by atoms with Gasteiger partial charge in [-0.3, -0.25) is 24.5 Å². The third kappa shape index (κ3) is 13.4. The van der Waals surface area contributed by atoms with Gasteiger partial charge in [0.1, 0.15) is 26.5 Å². The molecule has 0 fully saturated rings. The third-order valence-electron chi connectivity index (χ3n) is 6.96. The number of aromatic nitrogens is 4. The first-order valence-electron chi connectivity index (χ1n) is 16.0. The summed E-state index contributed by atoms with van der Waals surface area (Å²) in [6, 6.07) is 7.07. The van der Waals surface area contributed by atoms with E-state index in [1.54, 1.807) is 98.2 Å². The number of nitrogens with one attached hydrogen (secondary N) is 2. The molecule has 0 unspecified atom stereocenters. The van der Waals surface area contributed by atoms with E-state index in [-0.39, 0.29) is 54.2 Å². The van der Waals surface area contributed by atoms with E-state index in [9.17, 15) is 26.4 Å². The van der Waals surface area contributed by atoms with E-state index in [0.29, 0.717) is 33.6 Å². The third-order valence-corrected chi connectivity index (χ3v) is 11.2. The number of hydrogen-bond donors (Lipinski definition) is 2. The minimum absolute atomic E-state index is 0. The molecule has 0 saturated carbocycles. The number of pyridine rings is 4. The highest BCUT2D eigenvalue weighted by Crippen LogP contribution is 2.32. The number of rotatable bonds is 10. The molecule has 15 heteroatoms. The molecule has 0 aliphatic heterocycles. The van der Waals surface area contributed by atoms with Gasteiger partial charge >= 0.3 is 0 Å². The molecular formula is C38H53ClN6O6S2. The van der Waals surface area contributed by atoms with Crippen LogP contribution in [-0.4, -0.2) is 59.4 Å². The van der Waals surface area contributed by atoms with Crippen LogP contribution in [0.25, 0.3) is 22.3 Å². The average Bonchev–Trinajstić information content (AvgIpc) is 2.94. The molecule has 12 nitrogen and oxygen atoms in total. The van der Waals surface area contributed by atoms with Crippen LogP contribution in [0.1, 0.15) is 92.8 Å². The van der Waals surface area contributed by atoms with E-state index in [2.05, 4.69) is 29.4 Å². The molecule has 0 radical (unpaired) electrons. The Labute approximate surface area is 320 Å². The molecule has 0 saturated heterocycles. The lowest BCUT2D eigenvalue weighted by atomic mass is 10.0. The smallest absolute Gasteiger partial charge is 0.244 e. The van der Waals surface area contributed by atoms with Gasteiger partial charge in [0.2, 0.25) is 20.0 Å². The van der Waals surface area contributed by atoms with Crippen molar-refractivity contribution in [1.82, 2.24) is 29.4 Å². The molecular weight excluding hydrogens is 736 g/mol. The molecule has 4 rings (SSSR count). The van der Waals surface area contributed by atoms with Crippen molar-refractivity contribution in [2.24, 2.45) is 0 Å². The Morgan fingerprint density at radius 1 is 0.679 bits per heavy atom. The Kier molecular flexibility index (Phi) is 16.3. The number of ketones is 2. The molecule has 0 aromatic carbocycles. The van der Waals surface area contributed by atoms with Gasteiger partial charge in [0, 0.05) is 77.4 Å². The summed E-state index contributed by atoms with van der Waals surface area (Å²) in [6.45, 7) is 17.0. The lowest BCUT2D eigenvalue weighted by Gasteiger charge is -2.22. The average molecular weight is 789 g/mol. The number of carbonyl (C=O) groups excluding carboxylic acids is 2. The molecule has 0 aliphatic carbocycles. The maximum absolute atomic E-state index is 12.8. The van der Waals surface area contributed by atoms with Crippen molar-refractivity contribution in [1.29, 1.82) is 0 Å². The van der Waals surface area contributed by atoms with Crippen LogP contribution in [0.15, 0.2) is 65.0 Å². The summed E-state index contributed by atoms with van der Waals surface area (Å²) in [6.07, 6.45) is 8.16. The van der Waals surface area contributed by atoms with E-state index in [1.807, 2.05) is 0 Å². The lowest BCUT2D eigenvalue weighted by Crippen LogP contribution is -2.41. The molecule has 2 N–H and O–H groups in total. The van der Waals surface area contributed by atoms with Gasteiger partial charge in [-0.05, 0) is 116 Å². The second kappa shape index (κ2) is 18.4. The summed E-state index contributed by atoms with van der Waals surface area (Å²) in [5.74, 6) is 0.0171. The summed E-state index contributed by atoms with van der Waals surface area (Å²) < 4.78 is 56.1. The van der Waals surface area contributed by atoms with E-state index in [1.165, 1.54) is 26.2 Å². The highest BCUT2D eigenvalue weighted by molar-refractivity contribution is 7.90. The molecule has 290 valence electrons. The summed E-state index contributed by atoms with van der Waals surface area (Å²) in [7, 11) is -7.54. The molecule has 0 atom stereocenters. The van der Waals surface area contributed by atoms with Gasteiger partial charge in [-0.1, -0.05) is 26.5 Å². The van der Waals surface area contributed by atoms with Crippen molar-refractivity contribution in [3.63, 3.8) is 0 Å². The quantitative estimate of drug-likeness (QED) is 0.156. The fourth-order valence-electron chi connectivity index (χ4n) is 5.13. The second-order valence-electron chi connectivity index (χ2n) is 14.3. The van der Waals surface area contributed by atoms with Crippen molar-refractivity contribution in [3.05, 3.63) is 82.9 Å². The number of halogens is 1. The zero-order chi connectivity index (χ0) is 38.5. The fourth-order valence-corrected chi connectivity index (χ4v) is 8.95. The van der Waals surface area contributed by atoms with Crippen LogP contribution in [0.2, 0.25) is 5.15 Å². The Hall–Kier alpha value is -3.95. The zero-order valence-electron chi connectivity index (χ0n) is 30.5. The minimum atomic E-state index is -3.85. The standard InChI is InChI=1S/C18H22ClN3O3S.C18H23N3O3S.2CH4/c1-11(23)8-14-9-13(6-7-20-14)15-10-21-17(19)16(12(15)2)26(24,25)22-18(3,4)5;1-12(22)8-15-9-14(6-7-20-15)16-10-19-11-17(13(16)2)25(23,24)21-18(3,4)5;;/h6-7,9-10,22H,8H2,1-5H3;6-7,9-11,21H,8H2,1-5H3;2*1H4. The largest absolute Gasteiger partial charge is 0.300 e. The number of sulfonamides is 2. The number of nitrogens with zero attached hydrogens (tertiary/aromatic N) is 4. The summed E-state index contributed by atoms with van der Waals surface area (Å²) in [4.78, 5) is 39.3. The molecule has 0 amide bonds. The van der Waals surface area contributed by atoms with Gasteiger partial charge in [0.05, 0.1) is 0 Å². The first kappa shape index (κ1) is 47.1. The number of Topliss-reactive ketones (excluding diaryl/α,β-unsaturated/α-hetero) is 2. The van der Waals surface area contributed by atoms with Crippen LogP contribution in [-0.2, 0) is 42.5 Å². The second-order valence-corrected chi connectivity index (χ2v) is 17.9. The predicted octanol–water partition coefficient (Wildman–Crippen LogP) is 7.25. The van der Waals surface area contributed by atoms with Gasteiger partial charge in [-0.15, -0.1) is 0 Å². The molecule has 0 aliphatic rings. The molecule has 53 heavy (non-hydrogen) atoms. The van der Waals surface area contributed by atoms with Gasteiger partial charge < -0.3 is 0 Å². The first-order valence-corrected chi connectivity index (χ1v) is 19.3. The van der Waals surface area contributed by atoms with Crippen LogP contribution < -0.4 is 9.44 Å². The van der Waals surface area contributed by atoms with E-state index < -0.39 is 31.1 Å². The normalized spacial score (nSPS) is 11.8. The van der Waals surface area contributed by atoms with Gasteiger partial charge in [0.25, 0.3) is 0 Å². The molecule has 4 aromatic heterocycles. The number of carbonyl (C=O) groups is 2. The molecule has 4 aromatic rings. The van der Waals surface area contributed by atoms with E-state index >= 15 is 0 Å². The Bertz CT molecular complexity index is 2160. The zero-order valence-corrected chi connectivity index (χ0v) is 32.9. The highest BCUT2D eigenvalue weighted by atomic mass is 35.5. The Balaban J connectivity index is 0.000000511. The van der Waals surface area contributed by atoms with Crippen LogP contribution in [0, 0.1) is 13.8 Å².